The number of carboxylic acid groups (broad SMARTS) is 2. The Morgan fingerprint density at radius 2 is 0.842 bits per heavy atom. The molecule has 38 heavy (non-hydrogen) atoms. The second kappa shape index (κ2) is 11.8. The summed E-state index contributed by atoms with van der Waals surface area (Å²) >= 11 is 0. The number of rotatable bonds is 10. The van der Waals surface area contributed by atoms with Crippen LogP contribution in [0.5, 0.6) is 0 Å². The summed E-state index contributed by atoms with van der Waals surface area (Å²) in [6.07, 6.45) is 1.11. The Kier molecular flexibility index (Phi) is 8.13. The Balaban J connectivity index is 1.69. The molecule has 192 valence electrons. The second-order valence-electron chi connectivity index (χ2n) is 8.66. The molecule has 0 aromatic heterocycles. The van der Waals surface area contributed by atoms with Gasteiger partial charge in [-0.25, -0.2) is 9.59 Å². The van der Waals surface area contributed by atoms with Gasteiger partial charge >= 0.3 is 11.9 Å². The normalized spacial score (nSPS) is 10.6. The van der Waals surface area contributed by atoms with E-state index in [1.165, 1.54) is 24.3 Å². The zero-order valence-corrected chi connectivity index (χ0v) is 20.4. The third-order valence-electron chi connectivity index (χ3n) is 6.19. The topological polar surface area (TPSA) is 133 Å². The molecule has 4 rings (SSSR count). The molecule has 4 aromatic rings. The van der Waals surface area contributed by atoms with Crippen LogP contribution >= 0.6 is 0 Å². The lowest BCUT2D eigenvalue weighted by molar-refractivity contribution is 0.0686. The number of hydrogen-bond acceptors (Lipinski definition) is 4. The molecule has 8 heteroatoms. The minimum atomic E-state index is -1.34. The molecule has 0 unspecified atom stereocenters. The molecule has 0 saturated carbocycles. The molecule has 0 heterocycles. The first-order valence-corrected chi connectivity index (χ1v) is 12.1. The summed E-state index contributed by atoms with van der Waals surface area (Å²) in [5.74, 6) is -3.81. The molecule has 4 aromatic carbocycles. The van der Waals surface area contributed by atoms with E-state index in [-0.39, 0.29) is 46.1 Å². The predicted molar refractivity (Wildman–Crippen MR) is 143 cm³/mol. The van der Waals surface area contributed by atoms with Crippen molar-refractivity contribution in [2.24, 2.45) is 0 Å². The number of nitrogens with one attached hydrogen (secondary N) is 2. The Bertz CT molecular complexity index is 1390. The third-order valence-corrected chi connectivity index (χ3v) is 6.19. The van der Waals surface area contributed by atoms with E-state index in [4.69, 9.17) is 0 Å². The van der Waals surface area contributed by atoms with E-state index in [0.29, 0.717) is 12.8 Å². The van der Waals surface area contributed by atoms with Gasteiger partial charge in [-0.2, -0.15) is 0 Å². The van der Waals surface area contributed by atoms with Gasteiger partial charge in [-0.05, 0) is 48.2 Å². The zero-order valence-electron chi connectivity index (χ0n) is 20.4. The van der Waals surface area contributed by atoms with Crippen molar-refractivity contribution in [2.45, 2.75) is 12.8 Å². The summed E-state index contributed by atoms with van der Waals surface area (Å²) in [5.41, 5.74) is 1.46. The third kappa shape index (κ3) is 5.87. The monoisotopic (exact) mass is 510 g/mol. The van der Waals surface area contributed by atoms with E-state index in [2.05, 4.69) is 10.6 Å². The van der Waals surface area contributed by atoms with Crippen LogP contribution in [0.2, 0.25) is 0 Å². The molecule has 0 spiro atoms. The molecule has 0 aliphatic rings. The highest BCUT2D eigenvalue weighted by Gasteiger charge is 2.25. The zero-order chi connectivity index (χ0) is 27.1. The average molecular weight is 511 g/mol. The van der Waals surface area contributed by atoms with Gasteiger partial charge in [0, 0.05) is 35.0 Å². The average Bonchev–Trinajstić information content (AvgIpc) is 2.92. The van der Waals surface area contributed by atoms with Crippen molar-refractivity contribution in [3.63, 3.8) is 0 Å². The molecule has 0 bridgehead atoms. The van der Waals surface area contributed by atoms with Crippen molar-refractivity contribution in [3.8, 4) is 0 Å². The molecular formula is C30H26N2O6. The van der Waals surface area contributed by atoms with Crippen molar-refractivity contribution in [1.82, 2.24) is 10.6 Å². The molecule has 0 aliphatic heterocycles. The van der Waals surface area contributed by atoms with Crippen molar-refractivity contribution in [2.75, 3.05) is 13.1 Å². The first-order chi connectivity index (χ1) is 18.4. The first kappa shape index (κ1) is 26.1. The van der Waals surface area contributed by atoms with Crippen LogP contribution in [-0.4, -0.2) is 47.1 Å². The highest BCUT2D eigenvalue weighted by Crippen LogP contribution is 2.30. The van der Waals surface area contributed by atoms with Gasteiger partial charge in [0.05, 0.1) is 11.1 Å². The van der Waals surface area contributed by atoms with Crippen LogP contribution in [-0.2, 0) is 12.8 Å². The molecule has 0 atom stereocenters. The number of amides is 2. The Labute approximate surface area is 218 Å². The number of hydrogen-bond donors (Lipinski definition) is 4. The molecule has 0 fully saturated rings. The molecule has 4 N–H and O–H groups in total. The quantitative estimate of drug-likeness (QED) is 0.253. The maximum atomic E-state index is 13.2. The van der Waals surface area contributed by atoms with Crippen LogP contribution < -0.4 is 10.6 Å². The van der Waals surface area contributed by atoms with Crippen molar-refractivity contribution in [1.29, 1.82) is 0 Å². The lowest BCUT2D eigenvalue weighted by Gasteiger charge is -2.16. The number of carbonyl (C=O) groups is 4. The second-order valence-corrected chi connectivity index (χ2v) is 8.66. The van der Waals surface area contributed by atoms with Gasteiger partial charge in [-0.3, -0.25) is 9.59 Å². The van der Waals surface area contributed by atoms with Crippen molar-refractivity contribution in [3.05, 3.63) is 118 Å². The van der Waals surface area contributed by atoms with Crippen LogP contribution in [0.1, 0.15) is 52.6 Å². The SMILES string of the molecule is O=C(O)c1ccc(C(=O)NCCc2ccccc2)c2c(C(=O)O)ccc(C(=O)NCCc3ccccc3)c12. The minimum Gasteiger partial charge on any atom is -0.478 e. The van der Waals surface area contributed by atoms with Crippen molar-refractivity contribution < 1.29 is 29.4 Å². The lowest BCUT2D eigenvalue weighted by atomic mass is 9.91. The Morgan fingerprint density at radius 3 is 1.18 bits per heavy atom. The van der Waals surface area contributed by atoms with E-state index in [1.807, 2.05) is 60.7 Å². The summed E-state index contributed by atoms with van der Waals surface area (Å²) in [6.45, 7) is 0.570. The highest BCUT2D eigenvalue weighted by molar-refractivity contribution is 6.23. The summed E-state index contributed by atoms with van der Waals surface area (Å²) < 4.78 is 0. The van der Waals surface area contributed by atoms with E-state index in [9.17, 15) is 29.4 Å². The van der Waals surface area contributed by atoms with Gasteiger partial charge in [-0.15, -0.1) is 0 Å². The molecule has 2 amide bonds. The molecular weight excluding hydrogens is 484 g/mol. The van der Waals surface area contributed by atoms with Crippen LogP contribution in [0.15, 0.2) is 84.9 Å². The van der Waals surface area contributed by atoms with Crippen LogP contribution in [0.25, 0.3) is 10.8 Å². The number of carboxylic acids is 2. The minimum absolute atomic E-state index is 0.0191. The van der Waals surface area contributed by atoms with E-state index >= 15 is 0 Å². The Morgan fingerprint density at radius 1 is 0.500 bits per heavy atom. The predicted octanol–water partition coefficient (Wildman–Crippen LogP) is 4.18. The fraction of sp³-hybridized carbons (Fsp3) is 0.133. The maximum Gasteiger partial charge on any atom is 0.336 e. The molecule has 0 aliphatic carbocycles. The summed E-state index contributed by atoms with van der Waals surface area (Å²) in [7, 11) is 0. The van der Waals surface area contributed by atoms with E-state index in [0.717, 1.165) is 11.1 Å². The molecule has 0 saturated heterocycles. The van der Waals surface area contributed by atoms with E-state index in [1.54, 1.807) is 0 Å². The van der Waals surface area contributed by atoms with Gasteiger partial charge in [0.2, 0.25) is 0 Å². The van der Waals surface area contributed by atoms with Gasteiger partial charge in [0.15, 0.2) is 0 Å². The number of aromatic carboxylic acids is 2. The summed E-state index contributed by atoms with van der Waals surface area (Å²) in [5, 5.41) is 25.1. The van der Waals surface area contributed by atoms with Gasteiger partial charge < -0.3 is 20.8 Å². The first-order valence-electron chi connectivity index (χ1n) is 12.1. The van der Waals surface area contributed by atoms with Gasteiger partial charge in [0.25, 0.3) is 11.8 Å². The van der Waals surface area contributed by atoms with Crippen LogP contribution in [0.3, 0.4) is 0 Å². The standard InChI is InChI=1S/C30H26N2O6/c33-27(31-17-15-19-7-3-1-4-8-19)21-11-13-24(30(37)38)26-22(12-14-23(25(21)26)29(35)36)28(34)32-18-16-20-9-5-2-6-10-20/h1-14H,15-18H2,(H,31,33)(H,32,34)(H,35,36)(H,37,38). The van der Waals surface area contributed by atoms with Crippen LogP contribution in [0.4, 0.5) is 0 Å². The fourth-order valence-corrected chi connectivity index (χ4v) is 4.35. The molecule has 0 radical (unpaired) electrons. The lowest BCUT2D eigenvalue weighted by Crippen LogP contribution is -2.28. The number of carbonyl (C=O) groups excluding carboxylic acids is 2. The van der Waals surface area contributed by atoms with Crippen molar-refractivity contribution >= 4 is 34.5 Å². The fourth-order valence-electron chi connectivity index (χ4n) is 4.35. The van der Waals surface area contributed by atoms with Gasteiger partial charge in [-0.1, -0.05) is 60.7 Å². The highest BCUT2D eigenvalue weighted by atomic mass is 16.4. The largest absolute Gasteiger partial charge is 0.478 e. The van der Waals surface area contributed by atoms with Crippen LogP contribution in [0, 0.1) is 0 Å². The summed E-state index contributed by atoms with van der Waals surface area (Å²) in [6, 6.07) is 24.1. The number of benzene rings is 4. The number of fused-ring (bicyclic) bond motifs is 1. The summed E-state index contributed by atoms with van der Waals surface area (Å²) in [4.78, 5) is 50.5. The maximum absolute atomic E-state index is 13.2. The smallest absolute Gasteiger partial charge is 0.336 e. The molecule has 8 nitrogen and oxygen atoms in total. The van der Waals surface area contributed by atoms with Gasteiger partial charge in [0.1, 0.15) is 0 Å². The van der Waals surface area contributed by atoms with E-state index < -0.39 is 23.8 Å². The Hall–Kier alpha value is -4.98.